The molecule has 0 atom stereocenters. The lowest BCUT2D eigenvalue weighted by Crippen LogP contribution is -2.20. The van der Waals surface area contributed by atoms with E-state index in [-0.39, 0.29) is 11.7 Å². The average Bonchev–Trinajstić information content (AvgIpc) is 3.26. The van der Waals surface area contributed by atoms with Crippen LogP contribution in [0.2, 0.25) is 0 Å². The summed E-state index contributed by atoms with van der Waals surface area (Å²) in [5.74, 6) is 2.69. The minimum absolute atomic E-state index is 0.157. The van der Waals surface area contributed by atoms with Crippen molar-refractivity contribution < 1.29 is 19.0 Å². The van der Waals surface area contributed by atoms with E-state index in [0.717, 1.165) is 22.7 Å². The van der Waals surface area contributed by atoms with Crippen molar-refractivity contribution in [3.05, 3.63) is 48.0 Å². The molecule has 174 valence electrons. The quantitative estimate of drug-likeness (QED) is 0.260. The Bertz CT molecular complexity index is 1100. The van der Waals surface area contributed by atoms with Crippen molar-refractivity contribution in [3.8, 4) is 28.6 Å². The smallest absolute Gasteiger partial charge is 0.250 e. The van der Waals surface area contributed by atoms with Gasteiger partial charge in [0.1, 0.15) is 5.75 Å². The van der Waals surface area contributed by atoms with Gasteiger partial charge in [0.05, 0.1) is 32.8 Å². The monoisotopic (exact) mass is 469 g/mol. The number of hydrazone groups is 1. The molecule has 0 bridgehead atoms. The number of rotatable bonds is 11. The van der Waals surface area contributed by atoms with E-state index >= 15 is 0 Å². The number of hydrogen-bond acceptors (Lipinski definition) is 8. The Morgan fingerprint density at radius 2 is 1.88 bits per heavy atom. The van der Waals surface area contributed by atoms with Crippen LogP contribution in [-0.2, 0) is 11.3 Å². The Hall–Kier alpha value is -3.53. The summed E-state index contributed by atoms with van der Waals surface area (Å²) in [6, 6.07) is 13.0. The molecule has 0 spiro atoms. The van der Waals surface area contributed by atoms with Crippen LogP contribution in [0.3, 0.4) is 0 Å². The summed E-state index contributed by atoms with van der Waals surface area (Å²) in [4.78, 5) is 12.3. The molecule has 0 aliphatic carbocycles. The number of methoxy groups -OCH3 is 2. The van der Waals surface area contributed by atoms with Gasteiger partial charge in [-0.2, -0.15) is 5.10 Å². The maximum Gasteiger partial charge on any atom is 0.250 e. The van der Waals surface area contributed by atoms with Crippen LogP contribution >= 0.6 is 11.8 Å². The molecule has 0 radical (unpaired) electrons. The molecule has 0 saturated carbocycles. The number of benzene rings is 2. The normalized spacial score (nSPS) is 10.9. The molecule has 1 aromatic heterocycles. The SMILES string of the molecule is CCOc1ccc(C=NNC(=O)CSc2nnc(-c3ccc(OC)cc3)n2CC)cc1OC. The van der Waals surface area contributed by atoms with Gasteiger partial charge in [0.25, 0.3) is 5.91 Å². The Morgan fingerprint density at radius 3 is 2.55 bits per heavy atom. The zero-order valence-electron chi connectivity index (χ0n) is 19.1. The van der Waals surface area contributed by atoms with Gasteiger partial charge in [-0.1, -0.05) is 11.8 Å². The van der Waals surface area contributed by atoms with E-state index in [9.17, 15) is 4.79 Å². The fraction of sp³-hybridized carbons (Fsp3) is 0.304. The van der Waals surface area contributed by atoms with Crippen LogP contribution in [-0.4, -0.2) is 53.5 Å². The predicted octanol–water partition coefficient (Wildman–Crippen LogP) is 3.62. The van der Waals surface area contributed by atoms with Crippen molar-refractivity contribution in [1.29, 1.82) is 0 Å². The zero-order chi connectivity index (χ0) is 23.6. The number of nitrogens with zero attached hydrogens (tertiary/aromatic N) is 4. The maximum atomic E-state index is 12.3. The first kappa shape index (κ1) is 24.1. The van der Waals surface area contributed by atoms with E-state index in [4.69, 9.17) is 14.2 Å². The molecule has 0 aliphatic heterocycles. The fourth-order valence-corrected chi connectivity index (χ4v) is 3.81. The molecule has 0 unspecified atom stereocenters. The second kappa shape index (κ2) is 11.9. The van der Waals surface area contributed by atoms with Crippen molar-refractivity contribution in [1.82, 2.24) is 20.2 Å². The minimum atomic E-state index is -0.245. The summed E-state index contributed by atoms with van der Waals surface area (Å²) in [6.07, 6.45) is 1.55. The van der Waals surface area contributed by atoms with Gasteiger partial charge in [-0.25, -0.2) is 5.43 Å². The van der Waals surface area contributed by atoms with Crippen molar-refractivity contribution in [2.45, 2.75) is 25.5 Å². The van der Waals surface area contributed by atoms with Crippen LogP contribution in [0.4, 0.5) is 0 Å². The highest BCUT2D eigenvalue weighted by Gasteiger charge is 2.14. The van der Waals surface area contributed by atoms with Gasteiger partial charge >= 0.3 is 0 Å². The number of hydrogen-bond donors (Lipinski definition) is 1. The molecule has 0 saturated heterocycles. The second-order valence-corrected chi connectivity index (χ2v) is 7.65. The van der Waals surface area contributed by atoms with E-state index in [2.05, 4.69) is 20.7 Å². The van der Waals surface area contributed by atoms with E-state index in [1.54, 1.807) is 32.6 Å². The van der Waals surface area contributed by atoms with E-state index < -0.39 is 0 Å². The third-order valence-electron chi connectivity index (χ3n) is 4.60. The van der Waals surface area contributed by atoms with Gasteiger partial charge in [-0.15, -0.1) is 10.2 Å². The Morgan fingerprint density at radius 1 is 1.09 bits per heavy atom. The fourth-order valence-electron chi connectivity index (χ4n) is 3.01. The molecule has 3 rings (SSSR count). The molecule has 1 amide bonds. The highest BCUT2D eigenvalue weighted by atomic mass is 32.2. The maximum absolute atomic E-state index is 12.3. The Labute approximate surface area is 197 Å². The number of ether oxygens (including phenoxy) is 3. The van der Waals surface area contributed by atoms with Crippen molar-refractivity contribution in [3.63, 3.8) is 0 Å². The highest BCUT2D eigenvalue weighted by Crippen LogP contribution is 2.27. The second-order valence-electron chi connectivity index (χ2n) is 6.70. The minimum Gasteiger partial charge on any atom is -0.497 e. The largest absolute Gasteiger partial charge is 0.497 e. The lowest BCUT2D eigenvalue weighted by Gasteiger charge is -2.09. The number of carbonyl (C=O) groups excluding carboxylic acids is 1. The summed E-state index contributed by atoms with van der Waals surface area (Å²) in [5.41, 5.74) is 4.24. The zero-order valence-corrected chi connectivity index (χ0v) is 19.9. The van der Waals surface area contributed by atoms with E-state index in [1.807, 2.05) is 48.7 Å². The van der Waals surface area contributed by atoms with Gasteiger partial charge in [0.15, 0.2) is 22.5 Å². The average molecular weight is 470 g/mol. The first-order valence-corrected chi connectivity index (χ1v) is 11.4. The third kappa shape index (κ3) is 6.26. The molecule has 0 fully saturated rings. The number of aromatic nitrogens is 3. The molecule has 2 aromatic carbocycles. The van der Waals surface area contributed by atoms with Crippen LogP contribution in [0, 0.1) is 0 Å². The molecule has 33 heavy (non-hydrogen) atoms. The molecule has 1 N–H and O–H groups in total. The van der Waals surface area contributed by atoms with Crippen molar-refractivity contribution >= 4 is 23.9 Å². The van der Waals surface area contributed by atoms with Gasteiger partial charge in [0.2, 0.25) is 0 Å². The molecule has 10 heteroatoms. The highest BCUT2D eigenvalue weighted by molar-refractivity contribution is 7.99. The lowest BCUT2D eigenvalue weighted by molar-refractivity contribution is -0.118. The summed E-state index contributed by atoms with van der Waals surface area (Å²) in [5, 5.41) is 13.2. The van der Waals surface area contributed by atoms with Crippen LogP contribution in [0.25, 0.3) is 11.4 Å². The Kier molecular flexibility index (Phi) is 8.71. The summed E-state index contributed by atoms with van der Waals surface area (Å²) in [6.45, 7) is 5.14. The van der Waals surface area contributed by atoms with Crippen molar-refractivity contribution in [2.24, 2.45) is 5.10 Å². The lowest BCUT2D eigenvalue weighted by atomic mass is 10.2. The number of nitrogens with one attached hydrogen (secondary N) is 1. The first-order chi connectivity index (χ1) is 16.1. The summed E-state index contributed by atoms with van der Waals surface area (Å²) < 4.78 is 18.0. The van der Waals surface area contributed by atoms with Crippen LogP contribution in [0.1, 0.15) is 19.4 Å². The van der Waals surface area contributed by atoms with Crippen LogP contribution in [0.15, 0.2) is 52.7 Å². The van der Waals surface area contributed by atoms with Crippen LogP contribution < -0.4 is 19.6 Å². The molecular formula is C23H27N5O4S. The Balaban J connectivity index is 1.58. The van der Waals surface area contributed by atoms with Crippen molar-refractivity contribution in [2.75, 3.05) is 26.6 Å². The van der Waals surface area contributed by atoms with Gasteiger partial charge in [0, 0.05) is 12.1 Å². The topological polar surface area (TPSA) is 99.9 Å². The molecule has 3 aromatic rings. The van der Waals surface area contributed by atoms with E-state index in [0.29, 0.717) is 29.8 Å². The summed E-state index contributed by atoms with van der Waals surface area (Å²) >= 11 is 1.30. The first-order valence-electron chi connectivity index (χ1n) is 10.4. The third-order valence-corrected chi connectivity index (χ3v) is 5.57. The number of amides is 1. The van der Waals surface area contributed by atoms with E-state index in [1.165, 1.54) is 11.8 Å². The molecule has 9 nitrogen and oxygen atoms in total. The number of carbonyl (C=O) groups is 1. The number of thioether (sulfide) groups is 1. The molecular weight excluding hydrogens is 442 g/mol. The standard InChI is InChI=1S/C23H27N5O4S/c1-5-28-22(17-8-10-18(30-3)11-9-17)26-27-23(28)33-15-21(29)25-24-14-16-7-12-19(32-6-2)20(13-16)31-4/h7-14H,5-6,15H2,1-4H3,(H,25,29). The molecule has 1 heterocycles. The van der Waals surface area contributed by atoms with Gasteiger partial charge in [-0.3, -0.25) is 4.79 Å². The predicted molar refractivity (Wildman–Crippen MR) is 128 cm³/mol. The molecule has 0 aliphatic rings. The summed E-state index contributed by atoms with van der Waals surface area (Å²) in [7, 11) is 3.20. The van der Waals surface area contributed by atoms with Gasteiger partial charge in [-0.05, 0) is 61.9 Å². The van der Waals surface area contributed by atoms with Crippen LogP contribution in [0.5, 0.6) is 17.2 Å². The van der Waals surface area contributed by atoms with Gasteiger partial charge < -0.3 is 18.8 Å².